The predicted octanol–water partition coefficient (Wildman–Crippen LogP) is 3.67. The number of benzene rings is 1. The highest BCUT2D eigenvalue weighted by molar-refractivity contribution is 5.93. The van der Waals surface area contributed by atoms with Gasteiger partial charge in [0, 0.05) is 17.2 Å². The number of furan rings is 1. The van der Waals surface area contributed by atoms with Crippen molar-refractivity contribution in [3.63, 3.8) is 0 Å². The van der Waals surface area contributed by atoms with Crippen LogP contribution in [0.4, 0.5) is 0 Å². The number of ether oxygens (including phenoxy) is 2. The molecular formula is C24H25NO6. The summed E-state index contributed by atoms with van der Waals surface area (Å²) in [6.07, 6.45) is 5.55. The van der Waals surface area contributed by atoms with Gasteiger partial charge < -0.3 is 23.6 Å². The standard InChI is InChI=1S/C24H25NO6/c1-24(2)9-8-17-18(31-24)11-19(29-13-20(26)25-12-14-5-4-10-28-14)21-15-6-3-7-16(15)23(27)30-22(17)21/h4-5,10-11H,3,6-9,12-13H2,1-2H3,(H,25,26). The molecule has 31 heavy (non-hydrogen) atoms. The molecule has 2 aliphatic rings. The van der Waals surface area contributed by atoms with E-state index in [0.717, 1.165) is 47.8 Å². The van der Waals surface area contributed by atoms with Crippen LogP contribution in [0.25, 0.3) is 11.0 Å². The SMILES string of the molecule is CC1(C)CCc2c(cc(OCC(=O)NCc3ccco3)c3c4c(c(=O)oc23)CCC4)O1. The monoisotopic (exact) mass is 423 g/mol. The average Bonchev–Trinajstić information content (AvgIpc) is 3.41. The number of rotatable bonds is 5. The molecule has 162 valence electrons. The molecule has 7 heteroatoms. The first-order valence-electron chi connectivity index (χ1n) is 10.7. The highest BCUT2D eigenvalue weighted by Gasteiger charge is 2.32. The highest BCUT2D eigenvalue weighted by atomic mass is 16.5. The van der Waals surface area contributed by atoms with Crippen LogP contribution in [0.5, 0.6) is 11.5 Å². The van der Waals surface area contributed by atoms with E-state index in [-0.39, 0.29) is 23.7 Å². The maximum atomic E-state index is 12.6. The number of amides is 1. The van der Waals surface area contributed by atoms with Gasteiger partial charge in [-0.05, 0) is 63.6 Å². The molecule has 0 saturated heterocycles. The first-order chi connectivity index (χ1) is 14.9. The molecule has 3 heterocycles. The Bertz CT molecular complexity index is 1210. The third kappa shape index (κ3) is 3.69. The summed E-state index contributed by atoms with van der Waals surface area (Å²) in [6, 6.07) is 5.41. The lowest BCUT2D eigenvalue weighted by molar-refractivity contribution is -0.123. The van der Waals surface area contributed by atoms with E-state index in [4.69, 9.17) is 18.3 Å². The molecule has 0 saturated carbocycles. The van der Waals surface area contributed by atoms with Gasteiger partial charge in [0.2, 0.25) is 0 Å². The zero-order valence-corrected chi connectivity index (χ0v) is 17.7. The number of hydrogen-bond donors (Lipinski definition) is 1. The lowest BCUT2D eigenvalue weighted by Crippen LogP contribution is -2.33. The molecule has 0 bridgehead atoms. The minimum absolute atomic E-state index is 0.161. The van der Waals surface area contributed by atoms with Gasteiger partial charge in [-0.2, -0.15) is 0 Å². The maximum Gasteiger partial charge on any atom is 0.339 e. The summed E-state index contributed by atoms with van der Waals surface area (Å²) >= 11 is 0. The van der Waals surface area contributed by atoms with Gasteiger partial charge in [0.05, 0.1) is 18.2 Å². The Morgan fingerprint density at radius 1 is 1.19 bits per heavy atom. The summed E-state index contributed by atoms with van der Waals surface area (Å²) in [7, 11) is 0. The molecule has 1 N–H and O–H groups in total. The van der Waals surface area contributed by atoms with Gasteiger partial charge in [0.25, 0.3) is 5.91 Å². The predicted molar refractivity (Wildman–Crippen MR) is 114 cm³/mol. The highest BCUT2D eigenvalue weighted by Crippen LogP contribution is 2.44. The summed E-state index contributed by atoms with van der Waals surface area (Å²) in [4.78, 5) is 24.9. The number of nitrogens with one attached hydrogen (secondary N) is 1. The average molecular weight is 423 g/mol. The summed E-state index contributed by atoms with van der Waals surface area (Å²) in [5.74, 6) is 1.57. The van der Waals surface area contributed by atoms with Gasteiger partial charge in [-0.3, -0.25) is 4.79 Å². The van der Waals surface area contributed by atoms with Crippen LogP contribution in [0, 0.1) is 0 Å². The minimum Gasteiger partial charge on any atom is -0.487 e. The lowest BCUT2D eigenvalue weighted by atomic mass is 9.91. The van der Waals surface area contributed by atoms with E-state index in [2.05, 4.69) is 5.32 Å². The molecule has 0 radical (unpaired) electrons. The second kappa shape index (κ2) is 7.48. The van der Waals surface area contributed by atoms with E-state index in [1.807, 2.05) is 19.9 Å². The molecule has 5 rings (SSSR count). The molecule has 1 amide bonds. The molecule has 1 aromatic carbocycles. The fourth-order valence-corrected chi connectivity index (χ4v) is 4.46. The van der Waals surface area contributed by atoms with Crippen LogP contribution in [0.1, 0.15) is 49.1 Å². The molecule has 0 spiro atoms. The smallest absolute Gasteiger partial charge is 0.339 e. The number of aryl methyl sites for hydroxylation is 2. The second-order valence-electron chi connectivity index (χ2n) is 8.76. The Labute approximate surface area is 179 Å². The van der Waals surface area contributed by atoms with Gasteiger partial charge in [-0.1, -0.05) is 0 Å². The fourth-order valence-electron chi connectivity index (χ4n) is 4.46. The summed E-state index contributed by atoms with van der Waals surface area (Å²) in [5, 5.41) is 3.58. The van der Waals surface area contributed by atoms with E-state index in [9.17, 15) is 9.59 Å². The van der Waals surface area contributed by atoms with Crippen molar-refractivity contribution in [2.75, 3.05) is 6.61 Å². The first kappa shape index (κ1) is 19.7. The van der Waals surface area contributed by atoms with Crippen LogP contribution in [0.15, 0.2) is 38.1 Å². The zero-order valence-electron chi connectivity index (χ0n) is 17.7. The minimum atomic E-state index is -0.324. The Hall–Kier alpha value is -3.22. The third-order valence-electron chi connectivity index (χ3n) is 6.03. The van der Waals surface area contributed by atoms with Crippen molar-refractivity contribution < 1.29 is 23.1 Å². The van der Waals surface area contributed by atoms with Crippen LogP contribution in [-0.4, -0.2) is 18.1 Å². The molecular weight excluding hydrogens is 398 g/mol. The van der Waals surface area contributed by atoms with Crippen LogP contribution in [0.2, 0.25) is 0 Å². The summed E-state index contributed by atoms with van der Waals surface area (Å²) in [6.45, 7) is 4.19. The van der Waals surface area contributed by atoms with Gasteiger partial charge >= 0.3 is 5.63 Å². The second-order valence-corrected chi connectivity index (χ2v) is 8.76. The fraction of sp³-hybridized carbons (Fsp3) is 0.417. The van der Waals surface area contributed by atoms with E-state index in [1.165, 1.54) is 0 Å². The van der Waals surface area contributed by atoms with Crippen LogP contribution in [0.3, 0.4) is 0 Å². The molecule has 1 aliphatic carbocycles. The lowest BCUT2D eigenvalue weighted by Gasteiger charge is -2.33. The number of carbonyl (C=O) groups excluding carboxylic acids is 1. The Morgan fingerprint density at radius 2 is 2.03 bits per heavy atom. The van der Waals surface area contributed by atoms with Gasteiger partial charge in [-0.15, -0.1) is 0 Å². The third-order valence-corrected chi connectivity index (χ3v) is 6.03. The van der Waals surface area contributed by atoms with Crippen molar-refractivity contribution in [2.45, 2.75) is 58.1 Å². The van der Waals surface area contributed by atoms with E-state index >= 15 is 0 Å². The molecule has 0 atom stereocenters. The van der Waals surface area contributed by atoms with Crippen molar-refractivity contribution in [3.05, 3.63) is 57.3 Å². The number of fused-ring (bicyclic) bond motifs is 5. The Kier molecular flexibility index (Phi) is 4.76. The molecule has 3 aromatic rings. The molecule has 0 fully saturated rings. The van der Waals surface area contributed by atoms with Gasteiger partial charge in [-0.25, -0.2) is 4.79 Å². The number of hydrogen-bond acceptors (Lipinski definition) is 6. The largest absolute Gasteiger partial charge is 0.487 e. The quantitative estimate of drug-likeness (QED) is 0.630. The molecule has 1 aliphatic heterocycles. The van der Waals surface area contributed by atoms with Crippen molar-refractivity contribution in [1.82, 2.24) is 5.32 Å². The van der Waals surface area contributed by atoms with Crippen LogP contribution < -0.4 is 20.4 Å². The summed E-state index contributed by atoms with van der Waals surface area (Å²) < 4.78 is 23.2. The Morgan fingerprint density at radius 3 is 2.84 bits per heavy atom. The van der Waals surface area contributed by atoms with Crippen molar-refractivity contribution in [1.29, 1.82) is 0 Å². The van der Waals surface area contributed by atoms with Gasteiger partial charge in [0.1, 0.15) is 28.4 Å². The van der Waals surface area contributed by atoms with Crippen molar-refractivity contribution in [2.24, 2.45) is 0 Å². The zero-order chi connectivity index (χ0) is 21.6. The van der Waals surface area contributed by atoms with E-state index in [0.29, 0.717) is 35.8 Å². The maximum absolute atomic E-state index is 12.6. The van der Waals surface area contributed by atoms with E-state index < -0.39 is 0 Å². The van der Waals surface area contributed by atoms with Crippen LogP contribution in [-0.2, 0) is 30.6 Å². The molecule has 7 nitrogen and oxygen atoms in total. The van der Waals surface area contributed by atoms with Crippen LogP contribution >= 0.6 is 0 Å². The van der Waals surface area contributed by atoms with Crippen molar-refractivity contribution in [3.8, 4) is 11.5 Å². The summed E-state index contributed by atoms with van der Waals surface area (Å²) in [5.41, 5.74) is 2.53. The molecule has 2 aromatic heterocycles. The Balaban J connectivity index is 1.50. The normalized spacial score (nSPS) is 16.5. The molecule has 0 unspecified atom stereocenters. The number of carbonyl (C=O) groups is 1. The van der Waals surface area contributed by atoms with E-state index in [1.54, 1.807) is 18.4 Å². The topological polar surface area (TPSA) is 90.9 Å². The van der Waals surface area contributed by atoms with Gasteiger partial charge in [0.15, 0.2) is 6.61 Å². The van der Waals surface area contributed by atoms with Crippen molar-refractivity contribution >= 4 is 16.9 Å². The first-order valence-corrected chi connectivity index (χ1v) is 10.7.